The molecule has 0 aliphatic carbocycles. The van der Waals surface area contributed by atoms with Crippen LogP contribution in [0, 0.1) is 0 Å². The van der Waals surface area contributed by atoms with Gasteiger partial charge in [-0.25, -0.2) is 0 Å². The quantitative estimate of drug-likeness (QED) is 0.615. The van der Waals surface area contributed by atoms with Gasteiger partial charge in [0, 0.05) is 43.3 Å². The average Bonchev–Trinajstić information content (AvgIpc) is 2.74. The van der Waals surface area contributed by atoms with Crippen LogP contribution in [-0.2, 0) is 0 Å². The number of ketones is 1. The molecule has 8 heteroatoms. The molecule has 3 rings (SSSR count). The molecule has 30 heavy (non-hydrogen) atoms. The summed E-state index contributed by atoms with van der Waals surface area (Å²) in [7, 11) is 1.52. The second kappa shape index (κ2) is 10.4. The Labute approximate surface area is 186 Å². The highest BCUT2D eigenvalue weighted by molar-refractivity contribution is 6.35. The van der Waals surface area contributed by atoms with Gasteiger partial charge in [-0.2, -0.15) is 0 Å². The number of β-amino-alcohol motifs (C(OH)–C–C–N with tert-alkyl or cyclic N) is 1. The maximum atomic E-state index is 11.5. The average molecular weight is 453 g/mol. The predicted molar refractivity (Wildman–Crippen MR) is 120 cm³/mol. The maximum absolute atomic E-state index is 11.5. The van der Waals surface area contributed by atoms with Gasteiger partial charge in [0.15, 0.2) is 17.3 Å². The summed E-state index contributed by atoms with van der Waals surface area (Å²) in [5.74, 6) is 0.932. The molecule has 0 spiro atoms. The van der Waals surface area contributed by atoms with Crippen LogP contribution in [0.2, 0.25) is 10.0 Å². The number of anilines is 1. The molecule has 2 aromatic rings. The number of halogens is 2. The lowest BCUT2D eigenvalue weighted by atomic mass is 10.1. The van der Waals surface area contributed by atoms with Gasteiger partial charge in [0.25, 0.3) is 0 Å². The van der Waals surface area contributed by atoms with Crippen molar-refractivity contribution in [2.75, 3.05) is 51.3 Å². The fourth-order valence-corrected chi connectivity index (χ4v) is 3.85. The minimum Gasteiger partial charge on any atom is -0.493 e. The molecule has 1 saturated heterocycles. The van der Waals surface area contributed by atoms with Crippen LogP contribution in [0.25, 0.3) is 0 Å². The molecule has 2 aromatic carbocycles. The molecule has 1 atom stereocenters. The first-order valence-corrected chi connectivity index (χ1v) is 10.5. The summed E-state index contributed by atoms with van der Waals surface area (Å²) in [5.41, 5.74) is 1.49. The first-order chi connectivity index (χ1) is 14.4. The molecule has 6 nitrogen and oxygen atoms in total. The van der Waals surface area contributed by atoms with Gasteiger partial charge in [-0.3, -0.25) is 9.69 Å². The number of piperazine rings is 1. The minimum absolute atomic E-state index is 0.0434. The number of hydrogen-bond acceptors (Lipinski definition) is 6. The van der Waals surface area contributed by atoms with Gasteiger partial charge >= 0.3 is 0 Å². The number of hydrogen-bond donors (Lipinski definition) is 1. The third-order valence-electron chi connectivity index (χ3n) is 5.09. The molecule has 0 bridgehead atoms. The second-order valence-electron chi connectivity index (χ2n) is 7.27. The van der Waals surface area contributed by atoms with Crippen molar-refractivity contribution >= 4 is 34.7 Å². The van der Waals surface area contributed by atoms with Crippen LogP contribution < -0.4 is 14.4 Å². The summed E-state index contributed by atoms with van der Waals surface area (Å²) in [6.45, 7) is 5.34. The molecular formula is C22H26Cl2N2O4. The highest BCUT2D eigenvalue weighted by atomic mass is 35.5. The summed E-state index contributed by atoms with van der Waals surface area (Å²) >= 11 is 12.4. The lowest BCUT2D eigenvalue weighted by molar-refractivity contribution is 0.0653. The van der Waals surface area contributed by atoms with Crippen LogP contribution in [0.15, 0.2) is 36.4 Å². The SMILES string of the molecule is COc1cc(C(C)=O)ccc1OC[C@H](O)CN1CCN(c2cc(Cl)ccc2Cl)CC1. The number of methoxy groups -OCH3 is 1. The van der Waals surface area contributed by atoms with E-state index in [1.165, 1.54) is 14.0 Å². The van der Waals surface area contributed by atoms with E-state index in [2.05, 4.69) is 9.80 Å². The number of aliphatic hydroxyl groups is 1. The molecule has 0 saturated carbocycles. The Balaban J connectivity index is 1.49. The normalized spacial score (nSPS) is 15.7. The summed E-state index contributed by atoms with van der Waals surface area (Å²) in [6.07, 6.45) is -0.650. The number of aliphatic hydroxyl groups excluding tert-OH is 1. The number of benzene rings is 2. The van der Waals surface area contributed by atoms with Gasteiger partial charge in [0.2, 0.25) is 0 Å². The van der Waals surface area contributed by atoms with Crippen molar-refractivity contribution < 1.29 is 19.4 Å². The summed E-state index contributed by atoms with van der Waals surface area (Å²) in [6, 6.07) is 10.5. The predicted octanol–water partition coefficient (Wildman–Crippen LogP) is 3.77. The van der Waals surface area contributed by atoms with Gasteiger partial charge < -0.3 is 19.5 Å². The van der Waals surface area contributed by atoms with Crippen LogP contribution in [0.4, 0.5) is 5.69 Å². The molecule has 1 aliphatic heterocycles. The first-order valence-electron chi connectivity index (χ1n) is 9.79. The van der Waals surface area contributed by atoms with Crippen molar-refractivity contribution in [3.05, 3.63) is 52.0 Å². The van der Waals surface area contributed by atoms with Crippen LogP contribution in [0.1, 0.15) is 17.3 Å². The van der Waals surface area contributed by atoms with E-state index in [4.69, 9.17) is 32.7 Å². The van der Waals surface area contributed by atoms with E-state index in [0.29, 0.717) is 33.7 Å². The summed E-state index contributed by atoms with van der Waals surface area (Å²) in [4.78, 5) is 15.9. The van der Waals surface area contributed by atoms with Gasteiger partial charge in [0.1, 0.15) is 12.7 Å². The number of carbonyl (C=O) groups is 1. The van der Waals surface area contributed by atoms with Gasteiger partial charge in [0.05, 0.1) is 17.8 Å². The highest BCUT2D eigenvalue weighted by Crippen LogP contribution is 2.30. The van der Waals surface area contributed by atoms with Crippen LogP contribution >= 0.6 is 23.2 Å². The van der Waals surface area contributed by atoms with Crippen molar-refractivity contribution in [3.8, 4) is 11.5 Å². The Bertz CT molecular complexity index is 885. The van der Waals surface area contributed by atoms with Crippen molar-refractivity contribution in [2.45, 2.75) is 13.0 Å². The molecule has 0 amide bonds. The van der Waals surface area contributed by atoms with Crippen molar-refractivity contribution in [3.63, 3.8) is 0 Å². The summed E-state index contributed by atoms with van der Waals surface area (Å²) < 4.78 is 11.0. The monoisotopic (exact) mass is 452 g/mol. The van der Waals surface area contributed by atoms with Crippen molar-refractivity contribution in [1.29, 1.82) is 0 Å². The Hall–Kier alpha value is -1.99. The molecular weight excluding hydrogens is 427 g/mol. The minimum atomic E-state index is -0.650. The van der Waals surface area contributed by atoms with Crippen molar-refractivity contribution in [1.82, 2.24) is 4.90 Å². The smallest absolute Gasteiger partial charge is 0.161 e. The molecule has 1 heterocycles. The highest BCUT2D eigenvalue weighted by Gasteiger charge is 2.21. The molecule has 0 radical (unpaired) electrons. The Morgan fingerprint density at radius 1 is 1.10 bits per heavy atom. The van der Waals surface area contributed by atoms with E-state index in [1.807, 2.05) is 12.1 Å². The first kappa shape index (κ1) is 22.7. The van der Waals surface area contributed by atoms with Gasteiger partial charge in [-0.1, -0.05) is 23.2 Å². The van der Waals surface area contributed by atoms with E-state index < -0.39 is 6.10 Å². The van der Waals surface area contributed by atoms with Gasteiger partial charge in [-0.15, -0.1) is 0 Å². The zero-order valence-corrected chi connectivity index (χ0v) is 18.6. The molecule has 1 fully saturated rings. The molecule has 162 valence electrons. The fraction of sp³-hybridized carbons (Fsp3) is 0.409. The maximum Gasteiger partial charge on any atom is 0.161 e. The Morgan fingerprint density at radius 3 is 2.50 bits per heavy atom. The van der Waals surface area contributed by atoms with Crippen LogP contribution in [-0.4, -0.2) is 68.3 Å². The molecule has 1 aliphatic rings. The van der Waals surface area contributed by atoms with Crippen molar-refractivity contribution in [2.24, 2.45) is 0 Å². The molecule has 0 unspecified atom stereocenters. The fourth-order valence-electron chi connectivity index (χ4n) is 3.44. The van der Waals surface area contributed by atoms with E-state index in [-0.39, 0.29) is 12.4 Å². The zero-order valence-electron chi connectivity index (χ0n) is 17.1. The topological polar surface area (TPSA) is 62.2 Å². The second-order valence-corrected chi connectivity index (χ2v) is 8.11. The number of ether oxygens (including phenoxy) is 2. The Morgan fingerprint density at radius 2 is 1.83 bits per heavy atom. The summed E-state index contributed by atoms with van der Waals surface area (Å²) in [5, 5.41) is 11.8. The number of Topliss-reactive ketones (excluding diaryl/α,β-unsaturated/α-hetero) is 1. The van der Waals surface area contributed by atoms with Gasteiger partial charge in [-0.05, 0) is 43.3 Å². The molecule has 1 N–H and O–H groups in total. The lowest BCUT2D eigenvalue weighted by Crippen LogP contribution is -2.49. The van der Waals surface area contributed by atoms with E-state index in [0.717, 1.165) is 31.9 Å². The van der Waals surface area contributed by atoms with Crippen LogP contribution in [0.5, 0.6) is 11.5 Å². The Kier molecular flexibility index (Phi) is 7.83. The number of carbonyl (C=O) groups excluding carboxylic acids is 1. The van der Waals surface area contributed by atoms with E-state index >= 15 is 0 Å². The number of nitrogens with zero attached hydrogens (tertiary/aromatic N) is 2. The van der Waals surface area contributed by atoms with E-state index in [9.17, 15) is 9.90 Å². The molecule has 0 aromatic heterocycles. The largest absolute Gasteiger partial charge is 0.493 e. The zero-order chi connectivity index (χ0) is 21.7. The number of rotatable bonds is 8. The third kappa shape index (κ3) is 5.79. The van der Waals surface area contributed by atoms with Crippen LogP contribution in [0.3, 0.4) is 0 Å². The standard InChI is InChI=1S/C22H26Cl2N2O4/c1-15(27)16-3-6-21(22(11-16)29-2)30-14-18(28)13-25-7-9-26(10-8-25)20-12-17(23)4-5-19(20)24/h3-6,11-12,18,28H,7-10,13-14H2,1-2H3/t18-/m1/s1. The third-order valence-corrected chi connectivity index (χ3v) is 5.65. The lowest BCUT2D eigenvalue weighted by Gasteiger charge is -2.37. The van der Waals surface area contributed by atoms with E-state index in [1.54, 1.807) is 24.3 Å².